The van der Waals surface area contributed by atoms with Gasteiger partial charge in [-0.2, -0.15) is 89.9 Å². The Morgan fingerprint density at radius 1 is 0.350 bits per heavy atom. The third kappa shape index (κ3) is 28.0. The highest BCUT2D eigenvalue weighted by Gasteiger charge is 2.83. The molecule has 0 amide bonds. The molecule has 0 atom stereocenters. The zero-order valence-electron chi connectivity index (χ0n) is 82.1. The maximum Gasteiger partial charge on any atom is 0.465 e. The Balaban J connectivity index is 0.000000163. The second kappa shape index (κ2) is 48.2. The van der Waals surface area contributed by atoms with E-state index < -0.39 is 111 Å². The second-order valence-corrected chi connectivity index (χ2v) is 53.8. The Hall–Kier alpha value is -4.84. The minimum atomic E-state index is -6.98. The topological polar surface area (TPSA) is 390 Å². The molecule has 6 N–H and O–H groups in total. The number of hydrogen-bond acceptors (Lipinski definition) is 16. The summed E-state index contributed by atoms with van der Waals surface area (Å²) in [5.74, 6) is -4.06. The maximum atomic E-state index is 13.6. The van der Waals surface area contributed by atoms with Crippen molar-refractivity contribution in [3.63, 3.8) is 0 Å². The van der Waals surface area contributed by atoms with Gasteiger partial charge >= 0.3 is 47.9 Å². The summed E-state index contributed by atoms with van der Waals surface area (Å²) in [5.41, 5.74) is 10.8. The Morgan fingerprint density at radius 2 is 0.679 bits per heavy atom. The van der Waals surface area contributed by atoms with Crippen molar-refractivity contribution in [2.75, 3.05) is 19.7 Å². The first-order valence-corrected chi connectivity index (χ1v) is 61.7. The van der Waals surface area contributed by atoms with Gasteiger partial charge in [-0.1, -0.05) is 251 Å². The lowest BCUT2D eigenvalue weighted by Gasteiger charge is -2.56. The number of nitrogens with zero attached hydrogens (tertiary/aromatic N) is 1. The average Bonchev–Trinajstić information content (AvgIpc) is 0.707. The number of sulfonamides is 1. The number of carbonyl (C=O) groups is 1. The molecule has 1 saturated heterocycles. The van der Waals surface area contributed by atoms with Gasteiger partial charge < -0.3 is 4.74 Å². The van der Waals surface area contributed by atoms with Crippen molar-refractivity contribution in [3.8, 4) is 0 Å². The average molecular weight is 2120 g/mol. The van der Waals surface area contributed by atoms with Gasteiger partial charge in [-0.05, 0) is 304 Å². The summed E-state index contributed by atoms with van der Waals surface area (Å²) < 4.78 is 329. The van der Waals surface area contributed by atoms with Crippen LogP contribution in [-0.4, -0.2) is 138 Å². The molecule has 1 heterocycles. The van der Waals surface area contributed by atoms with Crippen LogP contribution in [0.15, 0.2) is 74.2 Å². The number of benzene rings is 4. The summed E-state index contributed by atoms with van der Waals surface area (Å²) in [6.45, 7) is 10.3. The summed E-state index contributed by atoms with van der Waals surface area (Å²) in [6, 6.07) is 17.9. The first-order chi connectivity index (χ1) is 65.4. The molecule has 140 heavy (non-hydrogen) atoms. The minimum absolute atomic E-state index is 0.0512. The van der Waals surface area contributed by atoms with Gasteiger partial charge in [-0.3, -0.25) is 27.3 Å². The summed E-state index contributed by atoms with van der Waals surface area (Å²) in [6.07, 6.45) is 53.9. The Morgan fingerprint density at radius 3 is 1.01 bits per heavy atom. The lowest BCUT2D eigenvalue weighted by Crippen LogP contribution is -2.63. The summed E-state index contributed by atoms with van der Waals surface area (Å²) in [5, 5.41) is -18.0. The molecule has 0 aromatic heterocycles. The van der Waals surface area contributed by atoms with Crippen LogP contribution in [0.2, 0.25) is 0 Å². The highest BCUT2D eigenvalue weighted by molar-refractivity contribution is 7.90. The van der Waals surface area contributed by atoms with Gasteiger partial charge in [0.1, 0.15) is 14.7 Å². The van der Waals surface area contributed by atoms with Crippen molar-refractivity contribution >= 4 is 76.7 Å². The van der Waals surface area contributed by atoms with Crippen LogP contribution < -0.4 is 0 Å². The van der Waals surface area contributed by atoms with E-state index in [2.05, 4.69) is 29.0 Å². The van der Waals surface area contributed by atoms with E-state index in [-0.39, 0.29) is 73.4 Å². The molecule has 0 spiro atoms. The highest BCUT2D eigenvalue weighted by atomic mass is 32.2. The zero-order chi connectivity index (χ0) is 103. The zero-order valence-corrected chi connectivity index (χ0v) is 87.8. The molecule has 0 radical (unpaired) electrons. The normalized spacial score (nSPS) is 23.6. The summed E-state index contributed by atoms with van der Waals surface area (Å²) in [7, 11) is -35.8. The van der Waals surface area contributed by atoms with E-state index in [9.17, 15) is 117 Å². The van der Waals surface area contributed by atoms with E-state index in [1.807, 2.05) is 53.7 Å². The first kappa shape index (κ1) is 115. The van der Waals surface area contributed by atoms with E-state index in [1.54, 1.807) is 18.2 Å². The molecule has 0 unspecified atom stereocenters. The smallest absolute Gasteiger partial charge is 0.460 e. The summed E-state index contributed by atoms with van der Waals surface area (Å²) in [4.78, 5) is 12.2. The SMILES string of the molecule is CC(C)c1cc(C2CCCCC2)cc(C2CCCCC2)c1S(=O)(=O)O.CC(C)c1cccc(C(C)C)c1S(=O)(=O)O.O=C(OCC12CC3CC(CC(C3)C1)C2)C(F)(F)S(=O)(=O)O.O=S(=O)(O)C(F)(F)C(F)(F)C(F)(F)S(=O)(=O)N1CCCCC1.O=S(=O)(O)c1c(C2CCCCC2)c(C2CCCCC2)cc(C2CCCCC2)c1C1CCCCC1.O=S(=O)(O)c1cc(C2CCCCC2)ccc1C1CCCCC1. The fourth-order valence-electron chi connectivity index (χ4n) is 25.6. The van der Waals surface area contributed by atoms with Crippen LogP contribution in [0.3, 0.4) is 0 Å². The van der Waals surface area contributed by atoms with E-state index in [4.69, 9.17) is 9.11 Å². The fourth-order valence-corrected chi connectivity index (χ4v) is 32.1. The molecule has 12 saturated carbocycles. The van der Waals surface area contributed by atoms with E-state index in [0.29, 0.717) is 75.7 Å². The van der Waals surface area contributed by atoms with Crippen LogP contribution in [0.1, 0.15) is 482 Å². The molecule has 38 heteroatoms. The lowest BCUT2D eigenvalue weighted by molar-refractivity contribution is -0.246. The van der Waals surface area contributed by atoms with Gasteiger partial charge in [0.2, 0.25) is 0 Å². The van der Waals surface area contributed by atoms with Crippen LogP contribution in [-0.2, 0) is 80.3 Å². The van der Waals surface area contributed by atoms with Gasteiger partial charge in [0.05, 0.1) is 11.5 Å². The van der Waals surface area contributed by atoms with Gasteiger partial charge in [-0.15, -0.1) is 0 Å². The lowest BCUT2D eigenvalue weighted by atomic mass is 9.50. The molecule has 23 nitrogen and oxygen atoms in total. The highest BCUT2D eigenvalue weighted by Crippen LogP contribution is 2.61. The molecule has 13 aliphatic rings. The van der Waals surface area contributed by atoms with Crippen LogP contribution in [0.25, 0.3) is 0 Å². The minimum Gasteiger partial charge on any atom is -0.460 e. The first-order valence-electron chi connectivity index (χ1n) is 51.6. The number of piperidine rings is 1. The summed E-state index contributed by atoms with van der Waals surface area (Å²) >= 11 is 0. The number of carbonyl (C=O) groups excluding carboxylic acids is 1. The standard InChI is InChI=1S/C30H46O3S.C21H32O3S.C18H26O3S.C13H18F2O5S.C12H18O3S.C8H11F6NO5S2/c31-34(32,33)30-28(24-17-9-3-10-18-24)26(22-13-5-1-6-14-22)21-27(23-15-7-2-8-16-23)29(30)25-19-11-4-12-20-25;1-15(2)19-13-18(16-9-5-3-6-10-16)14-20(21(19)25(22,23)24)17-11-7-4-8-12-17;19-22(20,21)18-13-16(14-7-3-1-4-8-14)11-12-17(18)15-9-5-2-6-10-15;14-13(15,21(17,18)19)11(16)20-7-12-4-8-1-9(5-12)3-10(2-8)6-12;1-8(2)10-6-5-7-11(9(3)4)12(10)16(13,14)15;9-6(10,8(13,14)22(18,19)20)7(11,12)21(16,17)15-4-2-1-3-5-15/h21-25H,1-20H2,(H,31,32,33);13-17H,3-12H2,1-2H3,(H,22,23,24);11-15H,1-10H2,(H,19,20,21);8-10H,1-7H2,(H,17,18,19);5-9H,1-4H3,(H,13,14,15);1-5H2,(H,18,19,20). The molecule has 12 aliphatic carbocycles. The molecular formula is C102H151F8NO22S7. The molecular weight excluding hydrogens is 1970 g/mol. The Labute approximate surface area is 827 Å². The molecule has 1 aliphatic heterocycles. The number of halogens is 8. The van der Waals surface area contributed by atoms with Crippen molar-refractivity contribution in [1.29, 1.82) is 0 Å². The van der Waals surface area contributed by atoms with Crippen LogP contribution in [0, 0.1) is 23.2 Å². The number of hydrogen-bond donors (Lipinski definition) is 6. The fraction of sp³-hybridized carbons (Fsp3) is 0.755. The number of esters is 1. The van der Waals surface area contributed by atoms with Crippen molar-refractivity contribution in [2.45, 2.75) is 463 Å². The van der Waals surface area contributed by atoms with Crippen molar-refractivity contribution < 1.29 is 131 Å². The van der Waals surface area contributed by atoms with Crippen molar-refractivity contribution in [3.05, 3.63) is 116 Å². The van der Waals surface area contributed by atoms with Crippen molar-refractivity contribution in [1.82, 2.24) is 4.31 Å². The molecule has 4 aromatic carbocycles. The number of rotatable bonds is 24. The van der Waals surface area contributed by atoms with E-state index in [0.717, 1.165) is 162 Å². The van der Waals surface area contributed by atoms with Gasteiger partial charge in [0.25, 0.3) is 50.5 Å². The number of ether oxygens (including phenoxy) is 1. The van der Waals surface area contributed by atoms with E-state index in [1.165, 1.54) is 184 Å². The predicted molar refractivity (Wildman–Crippen MR) is 523 cm³/mol. The molecule has 4 bridgehead atoms. The largest absolute Gasteiger partial charge is 0.465 e. The predicted octanol–water partition coefficient (Wildman–Crippen LogP) is 27.2. The van der Waals surface area contributed by atoms with Crippen molar-refractivity contribution in [2.24, 2.45) is 23.2 Å². The van der Waals surface area contributed by atoms with Crippen LogP contribution in [0.5, 0.6) is 0 Å². The molecule has 13 fully saturated rings. The van der Waals surface area contributed by atoms with E-state index >= 15 is 0 Å². The van der Waals surface area contributed by atoms with Gasteiger partial charge in [0, 0.05) is 18.5 Å². The van der Waals surface area contributed by atoms with Gasteiger partial charge in [0.15, 0.2) is 0 Å². The molecule has 794 valence electrons. The Kier molecular flexibility index (Phi) is 39.7. The van der Waals surface area contributed by atoms with Crippen LogP contribution >= 0.6 is 0 Å². The molecule has 4 aromatic rings. The monoisotopic (exact) mass is 2120 g/mol. The quantitative estimate of drug-likeness (QED) is 0.0215. The molecule has 17 rings (SSSR count). The Bertz CT molecular complexity index is 5570. The number of alkyl halides is 8. The maximum absolute atomic E-state index is 13.6. The van der Waals surface area contributed by atoms with Gasteiger partial charge in [-0.25, -0.2) is 13.2 Å². The third-order valence-electron chi connectivity index (χ3n) is 32.3. The second-order valence-electron chi connectivity index (χ2n) is 43.4. The van der Waals surface area contributed by atoms with Crippen LogP contribution in [0.4, 0.5) is 35.1 Å². The third-order valence-corrected chi connectivity index (χ3v) is 39.8.